The van der Waals surface area contributed by atoms with E-state index in [0.717, 1.165) is 6.26 Å². The van der Waals surface area contributed by atoms with E-state index in [0.29, 0.717) is 23.1 Å². The van der Waals surface area contributed by atoms with Gasteiger partial charge in [0.1, 0.15) is 5.82 Å². The van der Waals surface area contributed by atoms with E-state index < -0.39 is 26.3 Å². The number of piperidine rings is 1. The summed E-state index contributed by atoms with van der Waals surface area (Å²) in [7, 11) is -3.55. The Bertz CT molecular complexity index is 673. The number of sulfone groups is 1. The summed E-state index contributed by atoms with van der Waals surface area (Å²) >= 11 is 3.28. The van der Waals surface area contributed by atoms with Crippen molar-refractivity contribution in [3.05, 3.63) is 34.1 Å². The third-order valence-corrected chi connectivity index (χ3v) is 6.77. The zero-order valence-electron chi connectivity index (χ0n) is 12.2. The molecule has 122 valence electrons. The van der Waals surface area contributed by atoms with Crippen molar-refractivity contribution < 1.29 is 17.6 Å². The minimum Gasteiger partial charge on any atom is -0.351 e. The molecule has 2 N–H and O–H groups in total. The molecular weight excluding hydrogens is 375 g/mol. The Morgan fingerprint density at radius 2 is 2.05 bits per heavy atom. The van der Waals surface area contributed by atoms with Crippen molar-refractivity contribution in [2.24, 2.45) is 0 Å². The van der Waals surface area contributed by atoms with Gasteiger partial charge in [-0.25, -0.2) is 12.8 Å². The van der Waals surface area contributed by atoms with Gasteiger partial charge in [-0.15, -0.1) is 0 Å². The number of carbonyl (C=O) groups excluding carboxylic acids is 1. The number of hydrogen-bond acceptors (Lipinski definition) is 4. The fourth-order valence-electron chi connectivity index (χ4n) is 2.61. The highest BCUT2D eigenvalue weighted by Crippen LogP contribution is 2.28. The highest BCUT2D eigenvalue weighted by atomic mass is 79.9. The van der Waals surface area contributed by atoms with Gasteiger partial charge in [0.2, 0.25) is 5.91 Å². The molecule has 8 heteroatoms. The van der Waals surface area contributed by atoms with Gasteiger partial charge in [-0.1, -0.05) is 15.9 Å². The summed E-state index contributed by atoms with van der Waals surface area (Å²) in [6, 6.07) is 4.16. The van der Waals surface area contributed by atoms with E-state index in [1.807, 2.05) is 0 Å². The minimum atomic E-state index is -3.55. The lowest BCUT2D eigenvalue weighted by molar-refractivity contribution is -0.124. The van der Waals surface area contributed by atoms with Gasteiger partial charge in [0.15, 0.2) is 14.6 Å². The van der Waals surface area contributed by atoms with E-state index in [2.05, 4.69) is 26.6 Å². The van der Waals surface area contributed by atoms with Crippen molar-refractivity contribution in [3.8, 4) is 0 Å². The summed E-state index contributed by atoms with van der Waals surface area (Å²) in [5.74, 6) is -0.931. The van der Waals surface area contributed by atoms with Gasteiger partial charge in [0, 0.05) is 17.3 Å². The van der Waals surface area contributed by atoms with Crippen LogP contribution >= 0.6 is 15.9 Å². The third kappa shape index (κ3) is 3.49. The first-order valence-electron chi connectivity index (χ1n) is 6.89. The maximum absolute atomic E-state index is 13.3. The molecule has 1 fully saturated rings. The molecule has 22 heavy (non-hydrogen) atoms. The molecule has 0 saturated carbocycles. The topological polar surface area (TPSA) is 75.3 Å². The van der Waals surface area contributed by atoms with E-state index in [-0.39, 0.29) is 19.4 Å². The van der Waals surface area contributed by atoms with E-state index in [1.54, 1.807) is 6.07 Å². The van der Waals surface area contributed by atoms with Crippen molar-refractivity contribution in [2.75, 3.05) is 19.3 Å². The fourth-order valence-corrected chi connectivity index (χ4v) is 4.35. The molecule has 0 unspecified atom stereocenters. The van der Waals surface area contributed by atoms with Crippen LogP contribution < -0.4 is 10.6 Å². The number of halogens is 2. The van der Waals surface area contributed by atoms with Crippen LogP contribution in [-0.4, -0.2) is 38.4 Å². The van der Waals surface area contributed by atoms with Gasteiger partial charge in [-0.05, 0) is 49.7 Å². The summed E-state index contributed by atoms with van der Waals surface area (Å²) in [6.45, 7) is 1.02. The van der Waals surface area contributed by atoms with Crippen molar-refractivity contribution >= 4 is 31.7 Å². The number of amides is 1. The van der Waals surface area contributed by atoms with Crippen molar-refractivity contribution in [1.82, 2.24) is 10.6 Å². The molecule has 1 saturated heterocycles. The summed E-state index contributed by atoms with van der Waals surface area (Å²) in [5, 5.41) is 5.70. The minimum absolute atomic E-state index is 0.0713. The Balaban J connectivity index is 2.17. The summed E-state index contributed by atoms with van der Waals surface area (Å²) in [5.41, 5.74) is 0.561. The number of benzene rings is 1. The first-order chi connectivity index (χ1) is 10.3. The lowest BCUT2D eigenvalue weighted by atomic mass is 9.95. The van der Waals surface area contributed by atoms with Gasteiger partial charge in [-0.3, -0.25) is 4.79 Å². The van der Waals surface area contributed by atoms with Gasteiger partial charge < -0.3 is 10.6 Å². The zero-order chi connectivity index (χ0) is 16.4. The summed E-state index contributed by atoms with van der Waals surface area (Å²) < 4.78 is 36.8. The van der Waals surface area contributed by atoms with Crippen molar-refractivity contribution in [1.29, 1.82) is 0 Å². The Labute approximate surface area is 137 Å². The Hall–Kier alpha value is -0.990. The molecule has 0 bridgehead atoms. The monoisotopic (exact) mass is 392 g/mol. The van der Waals surface area contributed by atoms with Crippen LogP contribution in [0, 0.1) is 5.82 Å². The maximum atomic E-state index is 13.3. The van der Waals surface area contributed by atoms with Crippen LogP contribution in [0.3, 0.4) is 0 Å². The van der Waals surface area contributed by atoms with E-state index in [4.69, 9.17) is 0 Å². The fraction of sp³-hybridized carbons (Fsp3) is 0.500. The van der Waals surface area contributed by atoms with Crippen LogP contribution in [0.1, 0.15) is 18.4 Å². The third-order valence-electron chi connectivity index (χ3n) is 3.98. The molecule has 5 nitrogen and oxygen atoms in total. The SMILES string of the molecule is CS(=O)(=O)C1(C(=O)NCc2cc(F)ccc2Br)CCNCC1. The molecule has 0 aromatic heterocycles. The molecule has 1 aromatic rings. The quantitative estimate of drug-likeness (QED) is 0.811. The van der Waals surface area contributed by atoms with E-state index in [9.17, 15) is 17.6 Å². The molecule has 0 atom stereocenters. The van der Waals surface area contributed by atoms with Crippen molar-refractivity contribution in [2.45, 2.75) is 24.1 Å². The molecule has 0 spiro atoms. The second-order valence-electron chi connectivity index (χ2n) is 5.43. The average Bonchev–Trinajstić information content (AvgIpc) is 2.47. The van der Waals surface area contributed by atoms with Crippen LogP contribution in [0.5, 0.6) is 0 Å². The lowest BCUT2D eigenvalue weighted by Gasteiger charge is -2.34. The molecular formula is C14H18BrFN2O3S. The zero-order valence-corrected chi connectivity index (χ0v) is 14.6. The number of nitrogens with one attached hydrogen (secondary N) is 2. The maximum Gasteiger partial charge on any atom is 0.241 e. The van der Waals surface area contributed by atoms with Gasteiger partial charge in [-0.2, -0.15) is 0 Å². The molecule has 1 aliphatic rings. The van der Waals surface area contributed by atoms with Crippen molar-refractivity contribution in [3.63, 3.8) is 0 Å². The first kappa shape index (κ1) is 17.4. The standard InChI is InChI=1S/C14H18BrFN2O3S/c1-22(20,21)14(4-6-17-7-5-14)13(19)18-9-10-8-11(16)2-3-12(10)15/h2-3,8,17H,4-7,9H2,1H3,(H,18,19). The molecule has 1 aromatic carbocycles. The van der Waals surface area contributed by atoms with E-state index >= 15 is 0 Å². The predicted octanol–water partition coefficient (Wildman–Crippen LogP) is 1.37. The molecule has 2 rings (SSSR count). The van der Waals surface area contributed by atoms with E-state index in [1.165, 1.54) is 12.1 Å². The number of rotatable bonds is 4. The normalized spacial score (nSPS) is 18.0. The molecule has 0 aliphatic carbocycles. The first-order valence-corrected chi connectivity index (χ1v) is 9.57. The highest BCUT2D eigenvalue weighted by molar-refractivity contribution is 9.10. The summed E-state index contributed by atoms with van der Waals surface area (Å²) in [6.07, 6.45) is 1.57. The molecule has 1 heterocycles. The molecule has 1 aliphatic heterocycles. The predicted molar refractivity (Wildman–Crippen MR) is 85.6 cm³/mol. The van der Waals surface area contributed by atoms with Gasteiger partial charge in [0.25, 0.3) is 0 Å². The van der Waals surface area contributed by atoms with Gasteiger partial charge >= 0.3 is 0 Å². The Kier molecular flexibility index (Phi) is 5.24. The Morgan fingerprint density at radius 1 is 1.41 bits per heavy atom. The highest BCUT2D eigenvalue weighted by Gasteiger charge is 2.48. The second-order valence-corrected chi connectivity index (χ2v) is 8.62. The lowest BCUT2D eigenvalue weighted by Crippen LogP contribution is -2.57. The molecule has 0 radical (unpaired) electrons. The van der Waals surface area contributed by atoms with Gasteiger partial charge in [0.05, 0.1) is 0 Å². The number of hydrogen-bond donors (Lipinski definition) is 2. The van der Waals surface area contributed by atoms with Crippen LogP contribution in [0.15, 0.2) is 22.7 Å². The Morgan fingerprint density at radius 3 is 2.64 bits per heavy atom. The van der Waals surface area contributed by atoms with Crippen LogP contribution in [-0.2, 0) is 21.2 Å². The summed E-state index contributed by atoms with van der Waals surface area (Å²) in [4.78, 5) is 12.5. The molecule has 1 amide bonds. The smallest absolute Gasteiger partial charge is 0.241 e. The second kappa shape index (κ2) is 6.64. The number of carbonyl (C=O) groups is 1. The van der Waals surface area contributed by atoms with Crippen LogP contribution in [0.25, 0.3) is 0 Å². The largest absolute Gasteiger partial charge is 0.351 e. The van der Waals surface area contributed by atoms with Crippen LogP contribution in [0.4, 0.5) is 4.39 Å². The van der Waals surface area contributed by atoms with Crippen LogP contribution in [0.2, 0.25) is 0 Å². The average molecular weight is 393 g/mol.